The number of hydrogen-bond acceptors (Lipinski definition) is 4. The van der Waals surface area contributed by atoms with Gasteiger partial charge in [0.1, 0.15) is 5.75 Å². The number of pyridine rings is 2. The van der Waals surface area contributed by atoms with Gasteiger partial charge in [-0.1, -0.05) is 0 Å². The summed E-state index contributed by atoms with van der Waals surface area (Å²) in [4.78, 5) is 20.6. The molecule has 0 unspecified atom stereocenters. The Morgan fingerprint density at radius 1 is 1.23 bits per heavy atom. The number of anilines is 1. The standard InChI is InChI=1S/C16H12BrN3O2/c1-22-12-2-3-14-13(7-12)15(4-5-19-14)20-16(21)10-6-11(17)9-18-8-10/h2-9H,1H3,(H,19,20,21). The first kappa shape index (κ1) is 14.5. The van der Waals surface area contributed by atoms with Crippen molar-refractivity contribution in [3.8, 4) is 5.75 Å². The minimum atomic E-state index is -0.232. The number of methoxy groups -OCH3 is 1. The lowest BCUT2D eigenvalue weighted by Crippen LogP contribution is -2.12. The minimum absolute atomic E-state index is 0.232. The van der Waals surface area contributed by atoms with Crippen molar-refractivity contribution in [2.45, 2.75) is 0 Å². The molecule has 1 aromatic carbocycles. The lowest BCUT2D eigenvalue weighted by Gasteiger charge is -2.09. The quantitative estimate of drug-likeness (QED) is 0.776. The van der Waals surface area contributed by atoms with Crippen molar-refractivity contribution in [3.63, 3.8) is 0 Å². The molecule has 0 saturated heterocycles. The van der Waals surface area contributed by atoms with E-state index in [2.05, 4.69) is 31.2 Å². The van der Waals surface area contributed by atoms with Gasteiger partial charge in [0, 0.05) is 28.4 Å². The number of fused-ring (bicyclic) bond motifs is 1. The highest BCUT2D eigenvalue weighted by atomic mass is 79.9. The SMILES string of the molecule is COc1ccc2nccc(NC(=O)c3cncc(Br)c3)c2c1. The van der Waals surface area contributed by atoms with Gasteiger partial charge in [-0.25, -0.2) is 0 Å². The maximum atomic E-state index is 12.3. The highest BCUT2D eigenvalue weighted by Gasteiger charge is 2.10. The van der Waals surface area contributed by atoms with E-state index in [0.717, 1.165) is 15.4 Å². The number of carbonyl (C=O) groups is 1. The Kier molecular flexibility index (Phi) is 4.02. The second-order valence-corrected chi connectivity index (χ2v) is 5.50. The third-order valence-corrected chi connectivity index (χ3v) is 3.60. The Labute approximate surface area is 135 Å². The topological polar surface area (TPSA) is 64.1 Å². The van der Waals surface area contributed by atoms with Crippen molar-refractivity contribution in [3.05, 3.63) is 59.0 Å². The first-order valence-electron chi connectivity index (χ1n) is 6.52. The zero-order valence-corrected chi connectivity index (χ0v) is 13.3. The number of ether oxygens (including phenoxy) is 1. The van der Waals surface area contributed by atoms with Gasteiger partial charge in [0.2, 0.25) is 0 Å². The van der Waals surface area contributed by atoms with Crippen molar-refractivity contribution in [1.29, 1.82) is 0 Å². The summed E-state index contributed by atoms with van der Waals surface area (Å²) in [5.41, 5.74) is 1.93. The predicted molar refractivity (Wildman–Crippen MR) is 88.2 cm³/mol. The number of hydrogen-bond donors (Lipinski definition) is 1. The van der Waals surface area contributed by atoms with Crippen LogP contribution >= 0.6 is 15.9 Å². The van der Waals surface area contributed by atoms with Gasteiger partial charge in [0.05, 0.1) is 23.9 Å². The molecule has 6 heteroatoms. The van der Waals surface area contributed by atoms with Crippen LogP contribution in [-0.2, 0) is 0 Å². The lowest BCUT2D eigenvalue weighted by molar-refractivity contribution is 0.102. The Hall–Kier alpha value is -2.47. The van der Waals surface area contributed by atoms with Crippen molar-refractivity contribution in [2.75, 3.05) is 12.4 Å². The minimum Gasteiger partial charge on any atom is -0.497 e. The third-order valence-electron chi connectivity index (χ3n) is 3.16. The molecule has 110 valence electrons. The first-order chi connectivity index (χ1) is 10.7. The zero-order chi connectivity index (χ0) is 15.5. The molecule has 3 rings (SSSR count). The Balaban J connectivity index is 1.98. The van der Waals surface area contributed by atoms with Gasteiger partial charge >= 0.3 is 0 Å². The number of amides is 1. The average Bonchev–Trinajstić information content (AvgIpc) is 2.54. The summed E-state index contributed by atoms with van der Waals surface area (Å²) in [7, 11) is 1.60. The van der Waals surface area contributed by atoms with Crippen molar-refractivity contribution in [2.24, 2.45) is 0 Å². The van der Waals surface area contributed by atoms with E-state index < -0.39 is 0 Å². The molecule has 0 aliphatic carbocycles. The van der Waals surface area contributed by atoms with Crippen LogP contribution in [-0.4, -0.2) is 23.0 Å². The zero-order valence-electron chi connectivity index (χ0n) is 11.7. The number of halogens is 1. The molecular formula is C16H12BrN3O2. The number of aromatic nitrogens is 2. The molecule has 22 heavy (non-hydrogen) atoms. The summed E-state index contributed by atoms with van der Waals surface area (Å²) >= 11 is 3.31. The molecule has 0 radical (unpaired) electrons. The van der Waals surface area contributed by atoms with Crippen LogP contribution in [0.2, 0.25) is 0 Å². The van der Waals surface area contributed by atoms with Gasteiger partial charge in [0.15, 0.2) is 0 Å². The highest BCUT2D eigenvalue weighted by molar-refractivity contribution is 9.10. The molecule has 0 aliphatic heterocycles. The fourth-order valence-electron chi connectivity index (χ4n) is 2.09. The Bertz CT molecular complexity index is 852. The molecule has 0 spiro atoms. The molecule has 2 aromatic heterocycles. The largest absolute Gasteiger partial charge is 0.497 e. The summed E-state index contributed by atoms with van der Waals surface area (Å²) < 4.78 is 5.98. The molecule has 0 aliphatic rings. The molecule has 0 saturated carbocycles. The van der Waals surface area contributed by atoms with Gasteiger partial charge in [-0.3, -0.25) is 14.8 Å². The molecule has 3 aromatic rings. The first-order valence-corrected chi connectivity index (χ1v) is 7.31. The fourth-order valence-corrected chi connectivity index (χ4v) is 2.46. The second kappa shape index (κ2) is 6.11. The summed E-state index contributed by atoms with van der Waals surface area (Å²) in [5, 5.41) is 3.70. The van der Waals surface area contributed by atoms with E-state index in [-0.39, 0.29) is 5.91 Å². The van der Waals surface area contributed by atoms with Crippen molar-refractivity contribution >= 4 is 38.4 Å². The molecular weight excluding hydrogens is 346 g/mol. The average molecular weight is 358 g/mol. The lowest BCUT2D eigenvalue weighted by atomic mass is 10.1. The maximum absolute atomic E-state index is 12.3. The molecule has 5 nitrogen and oxygen atoms in total. The van der Waals surface area contributed by atoms with Crippen molar-refractivity contribution in [1.82, 2.24) is 9.97 Å². The van der Waals surface area contributed by atoms with E-state index in [9.17, 15) is 4.79 Å². The van der Waals surface area contributed by atoms with Crippen LogP contribution in [0.3, 0.4) is 0 Å². The van der Waals surface area contributed by atoms with Crippen LogP contribution < -0.4 is 10.1 Å². The second-order valence-electron chi connectivity index (χ2n) is 4.59. The smallest absolute Gasteiger partial charge is 0.257 e. The fraction of sp³-hybridized carbons (Fsp3) is 0.0625. The van der Waals surface area contributed by atoms with E-state index in [4.69, 9.17) is 4.74 Å². The highest BCUT2D eigenvalue weighted by Crippen LogP contribution is 2.26. The van der Waals surface area contributed by atoms with Gasteiger partial charge in [0.25, 0.3) is 5.91 Å². The van der Waals surface area contributed by atoms with E-state index in [0.29, 0.717) is 17.0 Å². The molecule has 0 atom stereocenters. The van der Waals surface area contributed by atoms with Crippen LogP contribution in [0.1, 0.15) is 10.4 Å². The van der Waals surface area contributed by atoms with Crippen LogP contribution in [0.4, 0.5) is 5.69 Å². The Morgan fingerprint density at radius 3 is 2.86 bits per heavy atom. The molecule has 1 amide bonds. The summed E-state index contributed by atoms with van der Waals surface area (Å²) in [5.74, 6) is 0.476. The number of rotatable bonds is 3. The summed E-state index contributed by atoms with van der Waals surface area (Å²) in [6, 6.07) is 9.00. The number of nitrogens with one attached hydrogen (secondary N) is 1. The van der Waals surface area contributed by atoms with Crippen LogP contribution in [0, 0.1) is 0 Å². The van der Waals surface area contributed by atoms with E-state index in [1.807, 2.05) is 18.2 Å². The van der Waals surface area contributed by atoms with Crippen LogP contribution in [0.25, 0.3) is 10.9 Å². The number of carbonyl (C=O) groups excluding carboxylic acids is 1. The van der Waals surface area contributed by atoms with Crippen LogP contribution in [0.15, 0.2) is 53.4 Å². The van der Waals surface area contributed by atoms with Gasteiger partial charge in [-0.2, -0.15) is 0 Å². The maximum Gasteiger partial charge on any atom is 0.257 e. The van der Waals surface area contributed by atoms with E-state index in [1.54, 1.807) is 31.6 Å². The molecule has 1 N–H and O–H groups in total. The predicted octanol–water partition coefficient (Wildman–Crippen LogP) is 3.65. The normalized spacial score (nSPS) is 10.5. The van der Waals surface area contributed by atoms with Crippen molar-refractivity contribution < 1.29 is 9.53 Å². The molecule has 0 fully saturated rings. The van der Waals surface area contributed by atoms with Crippen LogP contribution in [0.5, 0.6) is 5.75 Å². The number of benzene rings is 1. The third kappa shape index (κ3) is 2.92. The van der Waals surface area contributed by atoms with E-state index >= 15 is 0 Å². The summed E-state index contributed by atoms with van der Waals surface area (Å²) in [6.45, 7) is 0. The monoisotopic (exact) mass is 357 g/mol. The van der Waals surface area contributed by atoms with Gasteiger partial charge < -0.3 is 10.1 Å². The Morgan fingerprint density at radius 2 is 2.09 bits per heavy atom. The van der Waals surface area contributed by atoms with Gasteiger partial charge in [-0.15, -0.1) is 0 Å². The molecule has 0 bridgehead atoms. The van der Waals surface area contributed by atoms with E-state index in [1.165, 1.54) is 6.20 Å². The molecule has 2 heterocycles. The number of nitrogens with zero attached hydrogens (tertiary/aromatic N) is 2. The van der Waals surface area contributed by atoms with Gasteiger partial charge in [-0.05, 0) is 46.3 Å². The summed E-state index contributed by atoms with van der Waals surface area (Å²) in [6.07, 6.45) is 4.80.